The molecule has 0 aliphatic heterocycles. The van der Waals surface area contributed by atoms with Crippen LogP contribution in [0.2, 0.25) is 0 Å². The third-order valence-corrected chi connectivity index (χ3v) is 2.32. The Morgan fingerprint density at radius 3 is 2.62 bits per heavy atom. The number of carboxylic acid groups (broad SMARTS) is 1. The van der Waals surface area contributed by atoms with E-state index >= 15 is 0 Å². The van der Waals surface area contributed by atoms with E-state index in [1.54, 1.807) is 25.5 Å². The Morgan fingerprint density at radius 2 is 2.19 bits per heavy atom. The number of aryl methyl sites for hydroxylation is 1. The molecule has 1 amide bonds. The fraction of sp³-hybridized carbons (Fsp3) is 0.500. The third-order valence-electron chi connectivity index (χ3n) is 2.32. The number of carbonyl (C=O) groups is 2. The monoisotopic (exact) mass is 225 g/mol. The van der Waals surface area contributed by atoms with Crippen molar-refractivity contribution in [3.8, 4) is 0 Å². The number of hydrogen-bond acceptors (Lipinski definition) is 3. The van der Waals surface area contributed by atoms with Crippen molar-refractivity contribution < 1.29 is 14.7 Å². The van der Waals surface area contributed by atoms with Crippen molar-refractivity contribution in [1.29, 1.82) is 0 Å². The zero-order chi connectivity index (χ0) is 12.3. The van der Waals surface area contributed by atoms with Gasteiger partial charge in [-0.2, -0.15) is 0 Å². The topological polar surface area (TPSA) is 84.2 Å². The van der Waals surface area contributed by atoms with Crippen LogP contribution in [-0.4, -0.2) is 33.1 Å². The average Bonchev–Trinajstić information content (AvgIpc) is 2.61. The van der Waals surface area contributed by atoms with Crippen LogP contribution < -0.4 is 5.32 Å². The van der Waals surface area contributed by atoms with Gasteiger partial charge in [0.15, 0.2) is 0 Å². The number of nitrogens with one attached hydrogen (secondary N) is 1. The zero-order valence-electron chi connectivity index (χ0n) is 9.52. The van der Waals surface area contributed by atoms with Gasteiger partial charge >= 0.3 is 5.97 Å². The first-order chi connectivity index (χ1) is 7.34. The van der Waals surface area contributed by atoms with Crippen LogP contribution in [0.4, 0.5) is 0 Å². The smallest absolute Gasteiger partial charge is 0.310 e. The lowest BCUT2D eigenvalue weighted by molar-refractivity contribution is -0.146. The summed E-state index contributed by atoms with van der Waals surface area (Å²) in [5.41, 5.74) is -0.574. The molecule has 0 aromatic carbocycles. The quantitative estimate of drug-likeness (QED) is 0.769. The van der Waals surface area contributed by atoms with Crippen molar-refractivity contribution >= 4 is 11.9 Å². The molecule has 1 aromatic heterocycles. The van der Waals surface area contributed by atoms with E-state index in [-0.39, 0.29) is 12.5 Å². The first-order valence-electron chi connectivity index (χ1n) is 4.82. The maximum Gasteiger partial charge on any atom is 0.310 e. The van der Waals surface area contributed by atoms with Crippen molar-refractivity contribution in [2.45, 2.75) is 13.8 Å². The molecule has 0 spiro atoms. The van der Waals surface area contributed by atoms with Gasteiger partial charge in [-0.1, -0.05) is 0 Å². The van der Waals surface area contributed by atoms with Gasteiger partial charge in [-0.15, -0.1) is 0 Å². The summed E-state index contributed by atoms with van der Waals surface area (Å²) in [6, 6.07) is 0. The summed E-state index contributed by atoms with van der Waals surface area (Å²) < 4.78 is 1.57. The van der Waals surface area contributed by atoms with E-state index in [1.165, 1.54) is 12.5 Å². The number of hydrogen-bond donors (Lipinski definition) is 2. The normalized spacial score (nSPS) is 11.2. The van der Waals surface area contributed by atoms with E-state index in [9.17, 15) is 9.59 Å². The van der Waals surface area contributed by atoms with Crippen LogP contribution >= 0.6 is 0 Å². The van der Waals surface area contributed by atoms with Gasteiger partial charge in [-0.3, -0.25) is 9.59 Å². The Bertz CT molecular complexity index is 409. The number of nitrogens with zero attached hydrogens (tertiary/aromatic N) is 2. The molecule has 0 radical (unpaired) electrons. The lowest BCUT2D eigenvalue weighted by atomic mass is 9.94. The molecular formula is C10H15N3O3. The maximum atomic E-state index is 11.6. The third kappa shape index (κ3) is 2.59. The SMILES string of the molecule is Cn1cncc1C(=O)NCC(C)(C)C(=O)O. The van der Waals surface area contributed by atoms with E-state index in [2.05, 4.69) is 10.3 Å². The van der Waals surface area contributed by atoms with E-state index in [0.717, 1.165) is 0 Å². The standard InChI is InChI=1S/C10H15N3O3/c1-10(2,9(15)16)5-12-8(14)7-4-11-6-13(7)3/h4,6H,5H2,1-3H3,(H,12,14)(H,15,16). The van der Waals surface area contributed by atoms with E-state index in [4.69, 9.17) is 5.11 Å². The van der Waals surface area contributed by atoms with Gasteiger partial charge in [0.2, 0.25) is 0 Å². The predicted octanol–water partition coefficient (Wildman–Crippen LogP) is 0.261. The molecule has 6 nitrogen and oxygen atoms in total. The molecule has 6 heteroatoms. The van der Waals surface area contributed by atoms with Crippen LogP contribution in [-0.2, 0) is 11.8 Å². The summed E-state index contributed by atoms with van der Waals surface area (Å²) in [5.74, 6) is -1.27. The molecule has 88 valence electrons. The Morgan fingerprint density at radius 1 is 1.56 bits per heavy atom. The number of imidazole rings is 1. The number of amides is 1. The summed E-state index contributed by atoms with van der Waals surface area (Å²) in [7, 11) is 1.70. The number of carbonyl (C=O) groups excluding carboxylic acids is 1. The van der Waals surface area contributed by atoms with Gasteiger partial charge in [-0.05, 0) is 13.8 Å². The summed E-state index contributed by atoms with van der Waals surface area (Å²) >= 11 is 0. The van der Waals surface area contributed by atoms with Gasteiger partial charge in [0.1, 0.15) is 5.69 Å². The van der Waals surface area contributed by atoms with Crippen molar-refractivity contribution in [1.82, 2.24) is 14.9 Å². The Labute approximate surface area is 93.3 Å². The van der Waals surface area contributed by atoms with Gasteiger partial charge in [0.25, 0.3) is 5.91 Å². The molecule has 0 saturated carbocycles. The van der Waals surface area contributed by atoms with E-state index in [0.29, 0.717) is 5.69 Å². The fourth-order valence-electron chi connectivity index (χ4n) is 1.04. The van der Waals surface area contributed by atoms with Crippen molar-refractivity contribution in [3.05, 3.63) is 18.2 Å². The van der Waals surface area contributed by atoms with Gasteiger partial charge < -0.3 is 15.0 Å². The molecule has 0 unspecified atom stereocenters. The molecular weight excluding hydrogens is 210 g/mol. The Balaban J connectivity index is 2.61. The second-order valence-electron chi connectivity index (χ2n) is 4.26. The van der Waals surface area contributed by atoms with Crippen LogP contribution in [0.5, 0.6) is 0 Å². The predicted molar refractivity (Wildman–Crippen MR) is 57.0 cm³/mol. The Kier molecular flexibility index (Phi) is 3.31. The van der Waals surface area contributed by atoms with Crippen LogP contribution in [0.15, 0.2) is 12.5 Å². The molecule has 0 atom stereocenters. The first-order valence-corrected chi connectivity index (χ1v) is 4.82. The number of aromatic nitrogens is 2. The number of aliphatic carboxylic acids is 1. The second-order valence-corrected chi connectivity index (χ2v) is 4.26. The van der Waals surface area contributed by atoms with Gasteiger partial charge in [0, 0.05) is 13.6 Å². The molecule has 0 aliphatic carbocycles. The molecule has 0 aliphatic rings. The zero-order valence-corrected chi connectivity index (χ0v) is 9.52. The second kappa shape index (κ2) is 4.34. The first kappa shape index (κ1) is 12.2. The summed E-state index contributed by atoms with van der Waals surface area (Å²) in [5, 5.41) is 11.4. The highest BCUT2D eigenvalue weighted by atomic mass is 16.4. The molecule has 1 aromatic rings. The van der Waals surface area contributed by atoms with E-state index < -0.39 is 11.4 Å². The largest absolute Gasteiger partial charge is 0.481 e. The van der Waals surface area contributed by atoms with Gasteiger partial charge in [-0.25, -0.2) is 4.98 Å². The molecule has 2 N–H and O–H groups in total. The number of rotatable bonds is 4. The lowest BCUT2D eigenvalue weighted by Crippen LogP contribution is -2.39. The van der Waals surface area contributed by atoms with Crippen LogP contribution in [0.1, 0.15) is 24.3 Å². The molecule has 0 fully saturated rings. The van der Waals surface area contributed by atoms with E-state index in [1.807, 2.05) is 0 Å². The minimum atomic E-state index is -0.978. The summed E-state index contributed by atoms with van der Waals surface area (Å²) in [6.45, 7) is 3.18. The molecule has 16 heavy (non-hydrogen) atoms. The van der Waals surface area contributed by atoms with Crippen LogP contribution in [0.25, 0.3) is 0 Å². The van der Waals surface area contributed by atoms with Gasteiger partial charge in [0.05, 0.1) is 17.9 Å². The van der Waals surface area contributed by atoms with Crippen molar-refractivity contribution in [2.24, 2.45) is 12.5 Å². The molecule has 0 saturated heterocycles. The average molecular weight is 225 g/mol. The number of carboxylic acids is 1. The lowest BCUT2D eigenvalue weighted by Gasteiger charge is -2.19. The highest BCUT2D eigenvalue weighted by molar-refractivity contribution is 5.92. The van der Waals surface area contributed by atoms with Crippen LogP contribution in [0.3, 0.4) is 0 Å². The minimum Gasteiger partial charge on any atom is -0.481 e. The maximum absolute atomic E-state index is 11.6. The highest BCUT2D eigenvalue weighted by Gasteiger charge is 2.27. The van der Waals surface area contributed by atoms with Crippen LogP contribution in [0, 0.1) is 5.41 Å². The van der Waals surface area contributed by atoms with Crippen molar-refractivity contribution in [3.63, 3.8) is 0 Å². The molecule has 0 bridgehead atoms. The molecule has 1 rings (SSSR count). The Hall–Kier alpha value is -1.85. The van der Waals surface area contributed by atoms with Crippen molar-refractivity contribution in [2.75, 3.05) is 6.54 Å². The summed E-state index contributed by atoms with van der Waals surface area (Å²) in [6.07, 6.45) is 2.94. The molecule has 1 heterocycles. The highest BCUT2D eigenvalue weighted by Crippen LogP contribution is 2.13. The minimum absolute atomic E-state index is 0.0757. The fourth-order valence-corrected chi connectivity index (χ4v) is 1.04. The summed E-state index contributed by atoms with van der Waals surface area (Å²) in [4.78, 5) is 26.3.